The summed E-state index contributed by atoms with van der Waals surface area (Å²) in [5, 5.41) is 0.0685. The zero-order valence-electron chi connectivity index (χ0n) is 22.9. The fraction of sp³-hybridized carbons (Fsp3) is 0.357. The van der Waals surface area contributed by atoms with E-state index in [1.54, 1.807) is 49.1 Å². The minimum Gasteiger partial charge on any atom is -0.478 e. The quantitative estimate of drug-likeness (QED) is 0.0931. The maximum absolute atomic E-state index is 11.7. The highest BCUT2D eigenvalue weighted by molar-refractivity contribution is 9.11. The molecule has 41 heavy (non-hydrogen) atoms. The minimum atomic E-state index is -0.0840. The van der Waals surface area contributed by atoms with Crippen molar-refractivity contribution in [3.63, 3.8) is 0 Å². The molecule has 0 heterocycles. The van der Waals surface area contributed by atoms with Gasteiger partial charge in [0.1, 0.15) is 22.4 Å². The van der Waals surface area contributed by atoms with Crippen LogP contribution in [0.15, 0.2) is 76.3 Å². The van der Waals surface area contributed by atoms with Crippen LogP contribution in [-0.2, 0) is 9.59 Å². The summed E-state index contributed by atoms with van der Waals surface area (Å²) >= 11 is 22.2. The van der Waals surface area contributed by atoms with E-state index < -0.39 is 0 Å². The van der Waals surface area contributed by atoms with Crippen LogP contribution in [0.4, 0.5) is 0 Å². The molecular weight excluding hydrogens is 880 g/mol. The average molecular weight is 910 g/mol. The van der Waals surface area contributed by atoms with Crippen LogP contribution in [0.3, 0.4) is 0 Å². The van der Waals surface area contributed by atoms with Crippen molar-refractivity contribution in [1.82, 2.24) is 0 Å². The highest BCUT2D eigenvalue weighted by atomic mass is 79.9. The summed E-state index contributed by atoms with van der Waals surface area (Å²) in [6.45, 7) is 14.8. The fourth-order valence-electron chi connectivity index (χ4n) is 2.90. The van der Waals surface area contributed by atoms with Crippen LogP contribution in [0, 0.1) is 0 Å². The normalized spacial score (nSPS) is 12.5. The van der Waals surface area contributed by atoms with Crippen molar-refractivity contribution >= 4 is 133 Å². The second kappa shape index (κ2) is 19.1. The summed E-state index contributed by atoms with van der Waals surface area (Å²) in [5.74, 6) is 4.49. The van der Waals surface area contributed by atoms with Crippen LogP contribution in [0.1, 0.15) is 27.7 Å². The summed E-state index contributed by atoms with van der Waals surface area (Å²) in [5.41, 5.74) is 0.978. The molecule has 2 aromatic rings. The zero-order valence-corrected chi connectivity index (χ0v) is 33.3. The molecule has 0 fully saturated rings. The topological polar surface area (TPSA) is 52.6 Å². The van der Waals surface area contributed by atoms with Gasteiger partial charge in [0.25, 0.3) is 0 Å². The number of hydrogen-bond donors (Lipinski definition) is 0. The molecule has 0 aliphatic carbocycles. The number of rotatable bonds is 16. The monoisotopic (exact) mass is 906 g/mol. The predicted molar refractivity (Wildman–Crippen MR) is 197 cm³/mol. The summed E-state index contributed by atoms with van der Waals surface area (Å²) in [7, 11) is 0. The third-order valence-corrected chi connectivity index (χ3v) is 12.6. The first-order chi connectivity index (χ1) is 19.3. The van der Waals surface area contributed by atoms with Gasteiger partial charge in [0.15, 0.2) is 0 Å². The standard InChI is InChI=1S/C28H30Br4O4S5/c1-15(2)27(33)39-9-7-37-17(5)35-25-21(29)11-19(12-22(25)30)41-20-13-23(31)26(24(32)14-20)36-18(6)38-8-10-40-28(34)16(3)4/h11-14,17-18H,1,3,7-10H2,2,4-6H3. The van der Waals surface area contributed by atoms with Crippen molar-refractivity contribution < 1.29 is 19.1 Å². The lowest BCUT2D eigenvalue weighted by Crippen LogP contribution is -2.10. The van der Waals surface area contributed by atoms with Crippen LogP contribution in [-0.4, -0.2) is 44.1 Å². The van der Waals surface area contributed by atoms with Crippen LogP contribution < -0.4 is 9.47 Å². The Morgan fingerprint density at radius 2 is 1.00 bits per heavy atom. The maximum Gasteiger partial charge on any atom is 0.214 e. The van der Waals surface area contributed by atoms with Gasteiger partial charge in [-0.15, -0.1) is 23.5 Å². The van der Waals surface area contributed by atoms with Crippen molar-refractivity contribution in [2.75, 3.05) is 23.0 Å². The number of carbonyl (C=O) groups is 2. The van der Waals surface area contributed by atoms with E-state index in [4.69, 9.17) is 9.47 Å². The average Bonchev–Trinajstić information content (AvgIpc) is 2.88. The first-order valence-electron chi connectivity index (χ1n) is 12.2. The Kier molecular flexibility index (Phi) is 17.6. The lowest BCUT2D eigenvalue weighted by Gasteiger charge is -2.18. The molecule has 2 rings (SSSR count). The Bertz CT molecular complexity index is 1130. The molecule has 0 aliphatic heterocycles. The highest BCUT2D eigenvalue weighted by Crippen LogP contribution is 2.44. The van der Waals surface area contributed by atoms with E-state index in [0.29, 0.717) is 22.7 Å². The molecule has 0 aliphatic rings. The first-order valence-corrected chi connectivity index (χ1v) is 20.2. The third-order valence-electron chi connectivity index (χ3n) is 4.78. The SMILES string of the molecule is C=C(C)C(=O)SCCSC(C)Oc1c(Br)cc(Sc2cc(Br)c(OC(C)SCCSC(=O)C(=C)C)c(Br)c2)cc1Br. The van der Waals surface area contributed by atoms with Gasteiger partial charge in [-0.2, -0.15) is 0 Å². The first kappa shape index (κ1) is 37.7. The van der Waals surface area contributed by atoms with Crippen LogP contribution in [0.5, 0.6) is 11.5 Å². The van der Waals surface area contributed by atoms with Crippen molar-refractivity contribution in [3.05, 3.63) is 66.5 Å². The van der Waals surface area contributed by atoms with E-state index in [2.05, 4.69) is 76.9 Å². The number of carbonyl (C=O) groups excluding carboxylic acids is 2. The smallest absolute Gasteiger partial charge is 0.214 e. The van der Waals surface area contributed by atoms with Gasteiger partial charge >= 0.3 is 0 Å². The van der Waals surface area contributed by atoms with Gasteiger partial charge in [0, 0.05) is 32.8 Å². The van der Waals surface area contributed by atoms with Gasteiger partial charge in [0.05, 0.1) is 17.9 Å². The second-order valence-electron chi connectivity index (χ2n) is 8.48. The summed E-state index contributed by atoms with van der Waals surface area (Å²) < 4.78 is 15.7. The molecule has 0 aromatic heterocycles. The Balaban J connectivity index is 1.95. The Morgan fingerprint density at radius 3 is 1.29 bits per heavy atom. The largest absolute Gasteiger partial charge is 0.478 e. The Labute approximate surface area is 298 Å². The summed E-state index contributed by atoms with van der Waals surface area (Å²) in [4.78, 5) is 25.4. The molecule has 4 nitrogen and oxygen atoms in total. The van der Waals surface area contributed by atoms with Crippen molar-refractivity contribution in [3.8, 4) is 11.5 Å². The molecule has 0 N–H and O–H groups in total. The fourth-order valence-corrected chi connectivity index (χ4v) is 10.5. The molecule has 13 heteroatoms. The lowest BCUT2D eigenvalue weighted by atomic mass is 10.3. The van der Waals surface area contributed by atoms with Gasteiger partial charge in [-0.1, -0.05) is 48.4 Å². The van der Waals surface area contributed by atoms with E-state index in [-0.39, 0.29) is 21.1 Å². The van der Waals surface area contributed by atoms with Crippen LogP contribution in [0.25, 0.3) is 0 Å². The molecule has 0 bridgehead atoms. The van der Waals surface area contributed by atoms with Gasteiger partial charge in [-0.05, 0) is 127 Å². The molecule has 224 valence electrons. The highest BCUT2D eigenvalue weighted by Gasteiger charge is 2.17. The molecule has 0 radical (unpaired) electrons. The Hall–Kier alpha value is 0.530. The third kappa shape index (κ3) is 13.6. The minimum absolute atomic E-state index is 0.0343. The van der Waals surface area contributed by atoms with Gasteiger partial charge in [-0.25, -0.2) is 0 Å². The van der Waals surface area contributed by atoms with Crippen molar-refractivity contribution in [1.29, 1.82) is 0 Å². The molecule has 2 aromatic carbocycles. The van der Waals surface area contributed by atoms with E-state index in [9.17, 15) is 9.59 Å². The second-order valence-corrected chi connectivity index (χ2v) is 18.0. The number of benzene rings is 2. The zero-order chi connectivity index (χ0) is 30.7. The number of halogens is 4. The summed E-state index contributed by atoms with van der Waals surface area (Å²) in [6, 6.07) is 8.13. The van der Waals surface area contributed by atoms with E-state index in [0.717, 1.165) is 50.7 Å². The summed E-state index contributed by atoms with van der Waals surface area (Å²) in [6.07, 6.45) is 0. The molecule has 0 spiro atoms. The van der Waals surface area contributed by atoms with Gasteiger partial charge in [0.2, 0.25) is 10.2 Å². The molecule has 2 unspecified atom stereocenters. The van der Waals surface area contributed by atoms with E-state index in [1.807, 2.05) is 38.1 Å². The van der Waals surface area contributed by atoms with Crippen molar-refractivity contribution in [2.24, 2.45) is 0 Å². The maximum atomic E-state index is 11.7. The number of hydrogen-bond acceptors (Lipinski definition) is 9. The van der Waals surface area contributed by atoms with Gasteiger partial charge in [-0.3, -0.25) is 9.59 Å². The van der Waals surface area contributed by atoms with E-state index in [1.165, 1.54) is 23.5 Å². The molecule has 2 atom stereocenters. The van der Waals surface area contributed by atoms with Crippen molar-refractivity contribution in [2.45, 2.75) is 48.4 Å². The molecule has 0 amide bonds. The molecule has 0 saturated carbocycles. The number of ether oxygens (including phenoxy) is 2. The van der Waals surface area contributed by atoms with Crippen LogP contribution in [0.2, 0.25) is 0 Å². The van der Waals surface area contributed by atoms with E-state index >= 15 is 0 Å². The molecule has 0 saturated heterocycles. The lowest BCUT2D eigenvalue weighted by molar-refractivity contribution is -0.108. The van der Waals surface area contributed by atoms with Crippen LogP contribution >= 0.6 is 123 Å². The molecular formula is C28H30Br4O4S5. The number of thioether (sulfide) groups is 4. The van der Waals surface area contributed by atoms with Gasteiger partial charge < -0.3 is 9.47 Å². The Morgan fingerprint density at radius 1 is 0.683 bits per heavy atom. The predicted octanol–water partition coefficient (Wildman–Crippen LogP) is 11.5.